The van der Waals surface area contributed by atoms with Crippen LogP contribution in [0.2, 0.25) is 0 Å². The summed E-state index contributed by atoms with van der Waals surface area (Å²) in [6.45, 7) is 2.57. The van der Waals surface area contributed by atoms with Gasteiger partial charge in [0.2, 0.25) is 0 Å². The van der Waals surface area contributed by atoms with E-state index in [1.807, 2.05) is 30.3 Å². The van der Waals surface area contributed by atoms with Crippen LogP contribution in [0.3, 0.4) is 0 Å². The van der Waals surface area contributed by atoms with Crippen LogP contribution in [-0.4, -0.2) is 32.0 Å². The van der Waals surface area contributed by atoms with Crippen LogP contribution in [0.1, 0.15) is 33.5 Å². The van der Waals surface area contributed by atoms with E-state index >= 15 is 0 Å². The standard InChI is InChI=1S/C34H32FN3O3/c1-37(23-26-10-3-2-4-11-26)21-9-20-36-33(39)27-18-16-25(17-19-27)22-32-34(40)38(24-28-12-5-6-13-29(28)35)30-14-7-8-15-31(30)41-32/h2-8,10-19,22H,9,20-21,23-24H2,1H3,(H,36,39)/p+1. The summed E-state index contributed by atoms with van der Waals surface area (Å²) in [6, 6.07) is 31.0. The minimum atomic E-state index is -0.371. The smallest absolute Gasteiger partial charge is 0.294 e. The Balaban J connectivity index is 1.20. The number of hydrogen-bond donors (Lipinski definition) is 2. The summed E-state index contributed by atoms with van der Waals surface area (Å²) >= 11 is 0. The third kappa shape index (κ3) is 7.07. The molecule has 5 rings (SSSR count). The molecule has 1 unspecified atom stereocenters. The molecule has 1 aliphatic rings. The average molecular weight is 551 g/mol. The molecule has 1 atom stereocenters. The molecule has 6 nitrogen and oxygen atoms in total. The van der Waals surface area contributed by atoms with E-state index in [1.165, 1.54) is 21.4 Å². The number of nitrogens with one attached hydrogen (secondary N) is 2. The van der Waals surface area contributed by atoms with Crippen LogP contribution in [-0.2, 0) is 17.9 Å². The molecule has 1 heterocycles. The maximum absolute atomic E-state index is 14.4. The van der Waals surface area contributed by atoms with Gasteiger partial charge in [-0.1, -0.05) is 72.8 Å². The van der Waals surface area contributed by atoms with E-state index in [2.05, 4.69) is 24.5 Å². The molecule has 4 aromatic carbocycles. The summed E-state index contributed by atoms with van der Waals surface area (Å²) in [5, 5.41) is 2.99. The highest BCUT2D eigenvalue weighted by molar-refractivity contribution is 6.09. The molecule has 0 spiro atoms. The van der Waals surface area contributed by atoms with Crippen LogP contribution in [0.5, 0.6) is 5.75 Å². The van der Waals surface area contributed by atoms with Gasteiger partial charge in [0.1, 0.15) is 12.4 Å². The molecule has 2 N–H and O–H groups in total. The summed E-state index contributed by atoms with van der Waals surface area (Å²) < 4.78 is 20.3. The second-order valence-electron chi connectivity index (χ2n) is 10.2. The van der Waals surface area contributed by atoms with Crippen molar-refractivity contribution in [1.82, 2.24) is 5.32 Å². The number of nitrogens with zero attached hydrogens (tertiary/aromatic N) is 1. The minimum absolute atomic E-state index is 0.0753. The Hall–Kier alpha value is -4.75. The fraction of sp³-hybridized carbons (Fsp3) is 0.176. The van der Waals surface area contributed by atoms with Crippen molar-refractivity contribution in [2.45, 2.75) is 19.5 Å². The molecular weight excluding hydrogens is 517 g/mol. The van der Waals surface area contributed by atoms with E-state index in [-0.39, 0.29) is 29.9 Å². The van der Waals surface area contributed by atoms with Gasteiger partial charge in [-0.05, 0) is 42.0 Å². The molecule has 1 aliphatic heterocycles. The van der Waals surface area contributed by atoms with Crippen molar-refractivity contribution in [2.24, 2.45) is 0 Å². The molecule has 208 valence electrons. The zero-order valence-corrected chi connectivity index (χ0v) is 23.0. The summed E-state index contributed by atoms with van der Waals surface area (Å²) in [4.78, 5) is 29.0. The van der Waals surface area contributed by atoms with E-state index < -0.39 is 0 Å². The van der Waals surface area contributed by atoms with Crippen LogP contribution >= 0.6 is 0 Å². The van der Waals surface area contributed by atoms with E-state index in [0.29, 0.717) is 34.7 Å². The molecule has 0 saturated heterocycles. The molecule has 0 radical (unpaired) electrons. The first-order valence-electron chi connectivity index (χ1n) is 13.8. The highest BCUT2D eigenvalue weighted by Gasteiger charge is 2.30. The number of carbonyl (C=O) groups excluding carboxylic acids is 2. The Morgan fingerprint density at radius 2 is 1.63 bits per heavy atom. The molecule has 0 aliphatic carbocycles. The van der Waals surface area contributed by atoms with Gasteiger partial charge in [0.05, 0.1) is 25.8 Å². The van der Waals surface area contributed by atoms with Gasteiger partial charge in [0.15, 0.2) is 11.5 Å². The number of benzene rings is 4. The number of rotatable bonds is 10. The molecule has 0 fully saturated rings. The molecule has 0 bridgehead atoms. The number of quaternary nitrogens is 1. The average Bonchev–Trinajstić information content (AvgIpc) is 2.99. The summed E-state index contributed by atoms with van der Waals surface area (Å²) in [6.07, 6.45) is 2.51. The van der Waals surface area contributed by atoms with Crippen LogP contribution in [0, 0.1) is 5.82 Å². The predicted octanol–water partition coefficient (Wildman–Crippen LogP) is 4.63. The summed E-state index contributed by atoms with van der Waals surface area (Å²) in [5.74, 6) is -0.238. The first-order valence-corrected chi connectivity index (χ1v) is 13.8. The Morgan fingerprint density at radius 1 is 0.927 bits per heavy atom. The normalized spacial score (nSPS) is 14.3. The van der Waals surface area contributed by atoms with Gasteiger partial charge < -0.3 is 15.0 Å². The summed E-state index contributed by atoms with van der Waals surface area (Å²) in [5.41, 5.74) is 3.54. The fourth-order valence-corrected chi connectivity index (χ4v) is 4.83. The third-order valence-corrected chi connectivity index (χ3v) is 7.00. The van der Waals surface area contributed by atoms with Gasteiger partial charge in [0.25, 0.3) is 11.8 Å². The van der Waals surface area contributed by atoms with Crippen LogP contribution in [0.25, 0.3) is 6.08 Å². The number of ether oxygens (including phenoxy) is 1. The van der Waals surface area contributed by atoms with Gasteiger partial charge in [-0.3, -0.25) is 14.5 Å². The maximum Gasteiger partial charge on any atom is 0.294 e. The van der Waals surface area contributed by atoms with Gasteiger partial charge in [-0.2, -0.15) is 0 Å². The number of halogens is 1. The SMILES string of the molecule is C[NH+](CCCNC(=O)c1ccc(C=C2Oc3ccccc3N(Cc3ccccc3F)C2=O)cc1)Cc1ccccc1. The molecule has 0 aromatic heterocycles. The van der Waals surface area contributed by atoms with Gasteiger partial charge in [-0.15, -0.1) is 0 Å². The van der Waals surface area contributed by atoms with Crippen molar-refractivity contribution in [3.63, 3.8) is 0 Å². The second-order valence-corrected chi connectivity index (χ2v) is 10.2. The lowest BCUT2D eigenvalue weighted by Crippen LogP contribution is -3.07. The lowest BCUT2D eigenvalue weighted by Gasteiger charge is -2.30. The number of para-hydroxylation sites is 2. The molecule has 4 aromatic rings. The summed E-state index contributed by atoms with van der Waals surface area (Å²) in [7, 11) is 2.15. The van der Waals surface area contributed by atoms with Gasteiger partial charge in [0, 0.05) is 29.7 Å². The quantitative estimate of drug-likeness (QED) is 0.224. The van der Waals surface area contributed by atoms with Gasteiger partial charge in [-0.25, -0.2) is 4.39 Å². The number of fused-ring (bicyclic) bond motifs is 1. The number of hydrogen-bond acceptors (Lipinski definition) is 3. The predicted molar refractivity (Wildman–Crippen MR) is 158 cm³/mol. The molecule has 0 saturated carbocycles. The highest BCUT2D eigenvalue weighted by Crippen LogP contribution is 2.36. The monoisotopic (exact) mass is 550 g/mol. The zero-order chi connectivity index (χ0) is 28.6. The van der Waals surface area contributed by atoms with Crippen LogP contribution < -0.4 is 19.9 Å². The molecule has 7 heteroatoms. The highest BCUT2D eigenvalue weighted by atomic mass is 19.1. The number of carbonyl (C=O) groups is 2. The molecular formula is C34H33FN3O3+. The van der Waals surface area contributed by atoms with Crippen LogP contribution in [0.4, 0.5) is 10.1 Å². The van der Waals surface area contributed by atoms with Crippen molar-refractivity contribution in [1.29, 1.82) is 0 Å². The maximum atomic E-state index is 14.4. The van der Waals surface area contributed by atoms with E-state index in [0.717, 1.165) is 19.5 Å². The second kappa shape index (κ2) is 13.1. The van der Waals surface area contributed by atoms with Crippen molar-refractivity contribution in [3.8, 4) is 5.75 Å². The lowest BCUT2D eigenvalue weighted by atomic mass is 10.1. The third-order valence-electron chi connectivity index (χ3n) is 7.00. The fourth-order valence-electron chi connectivity index (χ4n) is 4.83. The lowest BCUT2D eigenvalue weighted by molar-refractivity contribution is -0.893. The molecule has 41 heavy (non-hydrogen) atoms. The first-order chi connectivity index (χ1) is 20.0. The number of anilines is 1. The largest absolute Gasteiger partial charge is 0.449 e. The first kappa shape index (κ1) is 27.8. The Bertz CT molecular complexity index is 1540. The van der Waals surface area contributed by atoms with Crippen molar-refractivity contribution < 1.29 is 23.6 Å². The Kier molecular flexibility index (Phi) is 8.86. The van der Waals surface area contributed by atoms with Crippen molar-refractivity contribution in [2.75, 3.05) is 25.0 Å². The molecule has 2 amide bonds. The Labute approximate surface area is 239 Å². The minimum Gasteiger partial charge on any atom is -0.449 e. The Morgan fingerprint density at radius 3 is 2.41 bits per heavy atom. The van der Waals surface area contributed by atoms with E-state index in [9.17, 15) is 14.0 Å². The van der Waals surface area contributed by atoms with Crippen molar-refractivity contribution >= 4 is 23.6 Å². The van der Waals surface area contributed by atoms with Gasteiger partial charge >= 0.3 is 0 Å². The number of amides is 2. The zero-order valence-electron chi connectivity index (χ0n) is 23.0. The van der Waals surface area contributed by atoms with Crippen LogP contribution in [0.15, 0.2) is 109 Å². The van der Waals surface area contributed by atoms with E-state index in [4.69, 9.17) is 4.74 Å². The topological polar surface area (TPSA) is 63.1 Å². The van der Waals surface area contributed by atoms with Crippen molar-refractivity contribution in [3.05, 3.63) is 137 Å². The van der Waals surface area contributed by atoms with E-state index in [1.54, 1.807) is 60.7 Å².